The number of amides is 2. The van der Waals surface area contributed by atoms with Gasteiger partial charge in [-0.3, -0.25) is 0 Å². The first-order valence-corrected chi connectivity index (χ1v) is 7.37. The van der Waals surface area contributed by atoms with Gasteiger partial charge in [0.15, 0.2) is 0 Å². The van der Waals surface area contributed by atoms with Gasteiger partial charge in [0.2, 0.25) is 0 Å². The third kappa shape index (κ3) is 4.76. The zero-order chi connectivity index (χ0) is 14.3. The summed E-state index contributed by atoms with van der Waals surface area (Å²) in [7, 11) is 0. The SMILES string of the molecule is CCN(C(=O)NCCC(C)SC)C(C)(C)C(=O)O. The zero-order valence-electron chi connectivity index (χ0n) is 11.8. The van der Waals surface area contributed by atoms with Crippen molar-refractivity contribution < 1.29 is 14.7 Å². The molecule has 0 fully saturated rings. The summed E-state index contributed by atoms with van der Waals surface area (Å²) in [5.74, 6) is -1.00. The number of carbonyl (C=O) groups is 2. The Balaban J connectivity index is 4.41. The van der Waals surface area contributed by atoms with Crippen LogP contribution in [-0.4, -0.2) is 52.1 Å². The van der Waals surface area contributed by atoms with Gasteiger partial charge in [-0.25, -0.2) is 9.59 Å². The molecule has 0 aromatic rings. The highest BCUT2D eigenvalue weighted by Crippen LogP contribution is 2.15. The number of nitrogens with zero attached hydrogens (tertiary/aromatic N) is 1. The van der Waals surface area contributed by atoms with E-state index in [0.29, 0.717) is 18.3 Å². The second-order valence-corrected chi connectivity index (χ2v) is 5.95. The number of aliphatic carboxylic acids is 1. The van der Waals surface area contributed by atoms with Crippen LogP contribution in [0.2, 0.25) is 0 Å². The molecule has 0 bridgehead atoms. The van der Waals surface area contributed by atoms with Gasteiger partial charge in [-0.05, 0) is 33.4 Å². The number of nitrogens with one attached hydrogen (secondary N) is 1. The van der Waals surface area contributed by atoms with Gasteiger partial charge >= 0.3 is 12.0 Å². The van der Waals surface area contributed by atoms with Crippen molar-refractivity contribution >= 4 is 23.8 Å². The summed E-state index contributed by atoms with van der Waals surface area (Å²) in [6.45, 7) is 7.85. The number of likely N-dealkylation sites (N-methyl/N-ethyl adjacent to an activating group) is 1. The maximum absolute atomic E-state index is 11.9. The summed E-state index contributed by atoms with van der Waals surface area (Å²) < 4.78 is 0. The number of hydrogen-bond acceptors (Lipinski definition) is 3. The van der Waals surface area contributed by atoms with Crippen molar-refractivity contribution in [3.05, 3.63) is 0 Å². The second-order valence-electron chi connectivity index (χ2n) is 4.68. The standard InChI is InChI=1S/C12H24N2O3S/c1-6-14(12(3,4)10(15)16)11(17)13-8-7-9(2)18-5/h9H,6-8H2,1-5H3,(H,13,17)(H,15,16). The number of urea groups is 1. The van der Waals surface area contributed by atoms with Crippen molar-refractivity contribution in [1.82, 2.24) is 10.2 Å². The summed E-state index contributed by atoms with van der Waals surface area (Å²) in [5.41, 5.74) is -1.19. The third-order valence-corrected chi connectivity index (χ3v) is 4.03. The molecule has 2 N–H and O–H groups in total. The molecule has 0 aliphatic carbocycles. The van der Waals surface area contributed by atoms with E-state index in [-0.39, 0.29) is 6.03 Å². The van der Waals surface area contributed by atoms with Gasteiger partial charge in [-0.1, -0.05) is 6.92 Å². The molecule has 0 aliphatic heterocycles. The van der Waals surface area contributed by atoms with Crippen LogP contribution >= 0.6 is 11.8 Å². The summed E-state index contributed by atoms with van der Waals surface area (Å²) in [6.07, 6.45) is 2.90. The van der Waals surface area contributed by atoms with E-state index < -0.39 is 11.5 Å². The van der Waals surface area contributed by atoms with Crippen molar-refractivity contribution in [2.24, 2.45) is 0 Å². The Morgan fingerprint density at radius 1 is 1.44 bits per heavy atom. The molecule has 0 spiro atoms. The quantitative estimate of drug-likeness (QED) is 0.746. The molecule has 18 heavy (non-hydrogen) atoms. The van der Waals surface area contributed by atoms with E-state index in [1.165, 1.54) is 18.7 Å². The van der Waals surface area contributed by atoms with Crippen LogP contribution in [0, 0.1) is 0 Å². The Morgan fingerprint density at radius 3 is 2.39 bits per heavy atom. The highest BCUT2D eigenvalue weighted by atomic mass is 32.2. The predicted molar refractivity (Wildman–Crippen MR) is 75.1 cm³/mol. The minimum Gasteiger partial charge on any atom is -0.480 e. The summed E-state index contributed by atoms with van der Waals surface area (Å²) in [6, 6.07) is -0.321. The Bertz CT molecular complexity index is 295. The van der Waals surface area contributed by atoms with E-state index in [1.54, 1.807) is 18.7 Å². The van der Waals surface area contributed by atoms with E-state index in [9.17, 15) is 9.59 Å². The molecule has 0 saturated heterocycles. The lowest BCUT2D eigenvalue weighted by atomic mass is 10.0. The number of carboxylic acids is 1. The number of carbonyl (C=O) groups excluding carboxylic acids is 1. The van der Waals surface area contributed by atoms with E-state index in [0.717, 1.165) is 6.42 Å². The molecule has 2 amide bonds. The van der Waals surface area contributed by atoms with E-state index in [1.807, 2.05) is 6.26 Å². The zero-order valence-corrected chi connectivity index (χ0v) is 12.6. The van der Waals surface area contributed by atoms with Gasteiger partial charge in [0, 0.05) is 18.3 Å². The Morgan fingerprint density at radius 2 is 2.00 bits per heavy atom. The molecule has 0 saturated carbocycles. The summed E-state index contributed by atoms with van der Waals surface area (Å²) in [4.78, 5) is 24.4. The normalized spacial score (nSPS) is 12.9. The fourth-order valence-corrected chi connectivity index (χ4v) is 1.86. The first-order valence-electron chi connectivity index (χ1n) is 6.09. The average molecular weight is 276 g/mol. The molecule has 1 atom stereocenters. The van der Waals surface area contributed by atoms with Gasteiger partial charge in [0.25, 0.3) is 0 Å². The molecule has 0 aromatic heterocycles. The smallest absolute Gasteiger partial charge is 0.329 e. The van der Waals surface area contributed by atoms with Crippen molar-refractivity contribution in [1.29, 1.82) is 0 Å². The maximum atomic E-state index is 11.9. The molecule has 5 nitrogen and oxygen atoms in total. The van der Waals surface area contributed by atoms with Gasteiger partial charge in [0.05, 0.1) is 0 Å². The molecule has 0 heterocycles. The molecular formula is C12H24N2O3S. The Labute approximate surface area is 113 Å². The molecule has 0 aromatic carbocycles. The first kappa shape index (κ1) is 17.1. The highest BCUT2D eigenvalue weighted by molar-refractivity contribution is 7.99. The van der Waals surface area contributed by atoms with E-state index in [4.69, 9.17) is 5.11 Å². The molecule has 0 radical (unpaired) electrons. The van der Waals surface area contributed by atoms with Gasteiger partial charge in [-0.2, -0.15) is 11.8 Å². The van der Waals surface area contributed by atoms with E-state index in [2.05, 4.69) is 12.2 Å². The Kier molecular flexibility index (Phi) is 7.13. The van der Waals surface area contributed by atoms with Crippen LogP contribution in [0.5, 0.6) is 0 Å². The molecule has 106 valence electrons. The van der Waals surface area contributed by atoms with Crippen LogP contribution in [0.4, 0.5) is 4.79 Å². The van der Waals surface area contributed by atoms with Crippen molar-refractivity contribution in [2.45, 2.75) is 44.9 Å². The van der Waals surface area contributed by atoms with Crippen LogP contribution in [0.3, 0.4) is 0 Å². The monoisotopic (exact) mass is 276 g/mol. The highest BCUT2D eigenvalue weighted by Gasteiger charge is 2.36. The maximum Gasteiger partial charge on any atom is 0.329 e. The van der Waals surface area contributed by atoms with Crippen LogP contribution in [0.15, 0.2) is 0 Å². The lowest BCUT2D eigenvalue weighted by Gasteiger charge is -2.34. The number of carboxylic acid groups (broad SMARTS) is 1. The van der Waals surface area contributed by atoms with Gasteiger partial charge in [-0.15, -0.1) is 0 Å². The average Bonchev–Trinajstić information content (AvgIpc) is 2.29. The lowest BCUT2D eigenvalue weighted by Crippen LogP contribution is -2.56. The van der Waals surface area contributed by atoms with Gasteiger partial charge < -0.3 is 15.3 Å². The van der Waals surface area contributed by atoms with Crippen LogP contribution in [0.1, 0.15) is 34.1 Å². The van der Waals surface area contributed by atoms with Crippen molar-refractivity contribution in [3.8, 4) is 0 Å². The van der Waals surface area contributed by atoms with Crippen LogP contribution < -0.4 is 5.32 Å². The Hall–Kier alpha value is -0.910. The first-order chi connectivity index (χ1) is 8.27. The minimum absolute atomic E-state index is 0.321. The molecular weight excluding hydrogens is 252 g/mol. The van der Waals surface area contributed by atoms with Gasteiger partial charge in [0.1, 0.15) is 5.54 Å². The predicted octanol–water partition coefficient (Wildman–Crippen LogP) is 2.02. The minimum atomic E-state index is -1.19. The summed E-state index contributed by atoms with van der Waals surface area (Å²) in [5, 5.41) is 12.4. The molecule has 0 aliphatic rings. The van der Waals surface area contributed by atoms with Crippen LogP contribution in [0.25, 0.3) is 0 Å². The van der Waals surface area contributed by atoms with Crippen molar-refractivity contribution in [2.75, 3.05) is 19.3 Å². The topological polar surface area (TPSA) is 69.6 Å². The van der Waals surface area contributed by atoms with Crippen molar-refractivity contribution in [3.63, 3.8) is 0 Å². The fraction of sp³-hybridized carbons (Fsp3) is 0.833. The fourth-order valence-electron chi connectivity index (χ4n) is 1.50. The number of rotatable bonds is 7. The molecule has 0 rings (SSSR count). The van der Waals surface area contributed by atoms with Crippen LogP contribution in [-0.2, 0) is 4.79 Å². The lowest BCUT2D eigenvalue weighted by molar-refractivity contribution is -0.147. The summed E-state index contributed by atoms with van der Waals surface area (Å²) >= 11 is 1.74. The number of hydrogen-bond donors (Lipinski definition) is 2. The van der Waals surface area contributed by atoms with E-state index >= 15 is 0 Å². The second kappa shape index (κ2) is 7.51. The largest absolute Gasteiger partial charge is 0.480 e. The molecule has 6 heteroatoms. The molecule has 1 unspecified atom stereocenters. The number of thioether (sulfide) groups is 1. The third-order valence-electron chi connectivity index (χ3n) is 2.99.